The monoisotopic (exact) mass is 328 g/mol. The molecule has 0 aromatic carbocycles. The summed E-state index contributed by atoms with van der Waals surface area (Å²) in [6.07, 6.45) is 5.39. The van der Waals surface area contributed by atoms with E-state index in [2.05, 4.69) is 51.8 Å². The van der Waals surface area contributed by atoms with E-state index in [1.165, 1.54) is 13.0 Å². The van der Waals surface area contributed by atoms with Gasteiger partial charge in [0.2, 0.25) is 0 Å². The SMILES string of the molecule is CC1CCN(C)CC1N(C)c1ncnc2[nH]ccc12.N#CCC=O. The first-order valence-electron chi connectivity index (χ1n) is 8.08. The number of rotatable bonds is 3. The lowest BCUT2D eigenvalue weighted by molar-refractivity contribution is -0.107. The fourth-order valence-corrected chi connectivity index (χ4v) is 3.05. The molecule has 0 amide bonds. The number of aromatic nitrogens is 3. The van der Waals surface area contributed by atoms with Gasteiger partial charge in [-0.25, -0.2) is 9.97 Å². The first-order chi connectivity index (χ1) is 11.6. The number of hydrogen-bond acceptors (Lipinski definition) is 6. The summed E-state index contributed by atoms with van der Waals surface area (Å²) in [6.45, 7) is 4.62. The van der Waals surface area contributed by atoms with Gasteiger partial charge >= 0.3 is 0 Å². The van der Waals surface area contributed by atoms with Crippen molar-refractivity contribution in [3.63, 3.8) is 0 Å². The molecule has 1 aliphatic heterocycles. The number of H-pyrrole nitrogens is 1. The largest absolute Gasteiger partial charge is 0.354 e. The van der Waals surface area contributed by atoms with Crippen LogP contribution in [-0.4, -0.2) is 59.4 Å². The van der Waals surface area contributed by atoms with E-state index in [-0.39, 0.29) is 6.42 Å². The van der Waals surface area contributed by atoms with E-state index in [0.717, 1.165) is 23.4 Å². The average molecular weight is 328 g/mol. The standard InChI is InChI=1S/C14H21N5.C3H3NO/c1-10-5-7-18(2)8-12(10)19(3)14-11-4-6-15-13(11)16-9-17-14;4-2-1-3-5/h4,6,9-10,12H,5,7-8H2,1-3H3,(H,15,16,17);3H,1H2. The van der Waals surface area contributed by atoms with Crippen molar-refractivity contribution in [3.05, 3.63) is 18.6 Å². The molecule has 1 aliphatic rings. The van der Waals surface area contributed by atoms with Crippen molar-refractivity contribution >= 4 is 23.1 Å². The highest BCUT2D eigenvalue weighted by Gasteiger charge is 2.29. The van der Waals surface area contributed by atoms with Crippen LogP contribution >= 0.6 is 0 Å². The number of aldehydes is 1. The zero-order valence-electron chi connectivity index (χ0n) is 14.4. The van der Waals surface area contributed by atoms with E-state index >= 15 is 0 Å². The number of nitrogens with zero attached hydrogens (tertiary/aromatic N) is 5. The molecule has 128 valence electrons. The molecule has 7 heteroatoms. The number of carbonyl (C=O) groups excluding carboxylic acids is 1. The van der Waals surface area contributed by atoms with E-state index < -0.39 is 0 Å². The molecule has 7 nitrogen and oxygen atoms in total. The number of nitrogens with one attached hydrogen (secondary N) is 1. The van der Waals surface area contributed by atoms with E-state index in [4.69, 9.17) is 5.26 Å². The van der Waals surface area contributed by atoms with Gasteiger partial charge in [0.1, 0.15) is 24.1 Å². The first kappa shape index (κ1) is 17.9. The molecule has 2 aromatic rings. The summed E-state index contributed by atoms with van der Waals surface area (Å²) < 4.78 is 0. The molecular formula is C17H24N6O. The third-order valence-electron chi connectivity index (χ3n) is 4.46. The predicted molar refractivity (Wildman–Crippen MR) is 93.7 cm³/mol. The van der Waals surface area contributed by atoms with Crippen LogP contribution in [0.5, 0.6) is 0 Å². The third-order valence-corrected chi connectivity index (χ3v) is 4.46. The van der Waals surface area contributed by atoms with Crippen LogP contribution in [0.4, 0.5) is 5.82 Å². The smallest absolute Gasteiger partial charge is 0.142 e. The maximum Gasteiger partial charge on any atom is 0.142 e. The van der Waals surface area contributed by atoms with Gasteiger partial charge in [-0.2, -0.15) is 5.26 Å². The summed E-state index contributed by atoms with van der Waals surface area (Å²) in [4.78, 5) is 25.8. The molecule has 2 atom stereocenters. The van der Waals surface area contributed by atoms with Crippen LogP contribution in [0.1, 0.15) is 19.8 Å². The van der Waals surface area contributed by atoms with Crippen LogP contribution in [0.2, 0.25) is 0 Å². The Balaban J connectivity index is 0.000000368. The summed E-state index contributed by atoms with van der Waals surface area (Å²) in [5.74, 6) is 1.71. The van der Waals surface area contributed by atoms with Crippen molar-refractivity contribution in [3.8, 4) is 6.07 Å². The number of fused-ring (bicyclic) bond motifs is 1. The topological polar surface area (TPSA) is 88.9 Å². The minimum Gasteiger partial charge on any atom is -0.354 e. The highest BCUT2D eigenvalue weighted by atomic mass is 16.1. The Kier molecular flexibility index (Phi) is 6.27. The Morgan fingerprint density at radius 2 is 2.33 bits per heavy atom. The molecule has 24 heavy (non-hydrogen) atoms. The molecule has 2 unspecified atom stereocenters. The highest BCUT2D eigenvalue weighted by Crippen LogP contribution is 2.27. The van der Waals surface area contributed by atoms with E-state index in [1.807, 2.05) is 6.20 Å². The molecule has 0 saturated carbocycles. The molecule has 1 fully saturated rings. The number of likely N-dealkylation sites (N-methyl/N-ethyl adjacent to an activating group) is 2. The van der Waals surface area contributed by atoms with Crippen LogP contribution in [-0.2, 0) is 4.79 Å². The number of aromatic amines is 1. The Morgan fingerprint density at radius 3 is 3.00 bits per heavy atom. The van der Waals surface area contributed by atoms with Crippen molar-refractivity contribution in [1.29, 1.82) is 5.26 Å². The summed E-state index contributed by atoms with van der Waals surface area (Å²) >= 11 is 0. The quantitative estimate of drug-likeness (QED) is 0.865. The average Bonchev–Trinajstić information content (AvgIpc) is 3.06. The molecule has 1 N–H and O–H groups in total. The zero-order chi connectivity index (χ0) is 17.5. The highest BCUT2D eigenvalue weighted by molar-refractivity contribution is 5.87. The van der Waals surface area contributed by atoms with Gasteiger partial charge in [-0.15, -0.1) is 0 Å². The number of likely N-dealkylation sites (tertiary alicyclic amines) is 1. The molecule has 1 saturated heterocycles. The maximum absolute atomic E-state index is 9.18. The molecule has 0 aliphatic carbocycles. The first-order valence-corrected chi connectivity index (χ1v) is 8.08. The van der Waals surface area contributed by atoms with Crippen molar-refractivity contribution in [2.45, 2.75) is 25.8 Å². The number of anilines is 1. The van der Waals surface area contributed by atoms with E-state index in [0.29, 0.717) is 18.2 Å². The van der Waals surface area contributed by atoms with Crippen LogP contribution in [0.15, 0.2) is 18.6 Å². The number of piperidine rings is 1. The Labute approximate surface area is 142 Å². The van der Waals surface area contributed by atoms with Crippen LogP contribution < -0.4 is 4.90 Å². The summed E-state index contributed by atoms with van der Waals surface area (Å²) in [5.41, 5.74) is 0.911. The minimum absolute atomic E-state index is 0.0139. The Morgan fingerprint density at radius 1 is 1.54 bits per heavy atom. The normalized spacial score (nSPS) is 20.8. The van der Waals surface area contributed by atoms with Gasteiger partial charge in [-0.1, -0.05) is 6.92 Å². The van der Waals surface area contributed by atoms with Gasteiger partial charge in [0, 0.05) is 25.8 Å². The van der Waals surface area contributed by atoms with Crippen molar-refractivity contribution in [2.75, 3.05) is 32.1 Å². The molecular weight excluding hydrogens is 304 g/mol. The summed E-state index contributed by atoms with van der Waals surface area (Å²) in [5, 5.41) is 8.69. The van der Waals surface area contributed by atoms with Crippen molar-refractivity contribution in [2.24, 2.45) is 5.92 Å². The fraction of sp³-hybridized carbons (Fsp3) is 0.529. The van der Waals surface area contributed by atoms with Crippen molar-refractivity contribution in [1.82, 2.24) is 19.9 Å². The van der Waals surface area contributed by atoms with Gasteiger partial charge < -0.3 is 19.6 Å². The van der Waals surface area contributed by atoms with Crippen LogP contribution in [0, 0.1) is 17.2 Å². The predicted octanol–water partition coefficient (Wildman–Crippen LogP) is 1.83. The van der Waals surface area contributed by atoms with Gasteiger partial charge in [-0.05, 0) is 32.0 Å². The molecule has 0 spiro atoms. The third kappa shape index (κ3) is 4.09. The number of carbonyl (C=O) groups is 1. The summed E-state index contributed by atoms with van der Waals surface area (Å²) in [6, 6.07) is 4.21. The van der Waals surface area contributed by atoms with Gasteiger partial charge in [0.15, 0.2) is 0 Å². The molecule has 0 bridgehead atoms. The lowest BCUT2D eigenvalue weighted by atomic mass is 9.92. The molecule has 2 aromatic heterocycles. The fourth-order valence-electron chi connectivity index (χ4n) is 3.05. The lowest BCUT2D eigenvalue weighted by Crippen LogP contribution is -2.50. The Bertz CT molecular complexity index is 706. The van der Waals surface area contributed by atoms with Gasteiger partial charge in [0.25, 0.3) is 0 Å². The van der Waals surface area contributed by atoms with E-state index in [9.17, 15) is 4.79 Å². The lowest BCUT2D eigenvalue weighted by Gasteiger charge is -2.40. The van der Waals surface area contributed by atoms with Crippen molar-refractivity contribution < 1.29 is 4.79 Å². The number of hydrogen-bond donors (Lipinski definition) is 1. The minimum atomic E-state index is 0.0139. The molecule has 0 radical (unpaired) electrons. The van der Waals surface area contributed by atoms with Gasteiger partial charge in [-0.3, -0.25) is 0 Å². The zero-order valence-corrected chi connectivity index (χ0v) is 14.4. The van der Waals surface area contributed by atoms with Crippen LogP contribution in [0.3, 0.4) is 0 Å². The number of nitriles is 1. The summed E-state index contributed by atoms with van der Waals surface area (Å²) in [7, 11) is 4.34. The second-order valence-corrected chi connectivity index (χ2v) is 6.17. The second kappa shape index (κ2) is 8.41. The molecule has 3 rings (SSSR count). The molecule has 3 heterocycles. The maximum atomic E-state index is 9.18. The van der Waals surface area contributed by atoms with Crippen LogP contribution in [0.25, 0.3) is 11.0 Å². The van der Waals surface area contributed by atoms with Gasteiger partial charge in [0.05, 0.1) is 17.9 Å². The second-order valence-electron chi connectivity index (χ2n) is 6.17. The Hall–Kier alpha value is -2.46. The van der Waals surface area contributed by atoms with E-state index in [1.54, 1.807) is 12.4 Å².